The molecule has 198 valence electrons. The fourth-order valence-corrected chi connectivity index (χ4v) is 4.26. The third kappa shape index (κ3) is 11.0. The number of amides is 2. The van der Waals surface area contributed by atoms with Gasteiger partial charge in [0.2, 0.25) is 12.3 Å². The van der Waals surface area contributed by atoms with E-state index in [0.717, 1.165) is 44.9 Å². The van der Waals surface area contributed by atoms with Crippen molar-refractivity contribution in [3.63, 3.8) is 0 Å². The monoisotopic (exact) mass is 503 g/mol. The number of carbonyl (C=O) groups excluding carboxylic acids is 2. The van der Waals surface area contributed by atoms with Gasteiger partial charge in [0.05, 0.1) is 0 Å². The molecule has 3 rings (SSSR count). The molecule has 6 heteroatoms. The van der Waals surface area contributed by atoms with Crippen LogP contribution in [-0.4, -0.2) is 55.1 Å². The number of aryl methyl sites for hydroxylation is 1. The number of nitrogens with zero attached hydrogens (tertiary/aromatic N) is 1. The highest BCUT2D eigenvalue weighted by Crippen LogP contribution is 2.22. The van der Waals surface area contributed by atoms with E-state index < -0.39 is 0 Å². The SMILES string of the molecule is CCc1cccc(-c2cccc(C[C@@H](CCNCCN(C=O)Cc3ccccc3)NC(C)=O)c2)c1.CO. The molecule has 0 radical (unpaired) electrons. The summed E-state index contributed by atoms with van der Waals surface area (Å²) in [4.78, 5) is 25.0. The van der Waals surface area contributed by atoms with E-state index in [4.69, 9.17) is 5.11 Å². The molecule has 3 aromatic rings. The van der Waals surface area contributed by atoms with Crippen LogP contribution in [-0.2, 0) is 29.0 Å². The predicted octanol–water partition coefficient (Wildman–Crippen LogP) is 4.21. The lowest BCUT2D eigenvalue weighted by atomic mass is 9.97. The average Bonchev–Trinajstić information content (AvgIpc) is 2.93. The van der Waals surface area contributed by atoms with Crippen LogP contribution < -0.4 is 10.6 Å². The van der Waals surface area contributed by atoms with Crippen LogP contribution in [0.5, 0.6) is 0 Å². The van der Waals surface area contributed by atoms with Crippen LogP contribution in [0.2, 0.25) is 0 Å². The molecule has 0 fully saturated rings. The molecule has 3 aromatic carbocycles. The Morgan fingerprint density at radius 2 is 1.51 bits per heavy atom. The Hall–Kier alpha value is -3.48. The van der Waals surface area contributed by atoms with Gasteiger partial charge in [-0.05, 0) is 53.6 Å². The highest BCUT2D eigenvalue weighted by atomic mass is 16.2. The molecule has 0 aliphatic rings. The Labute approximate surface area is 221 Å². The quantitative estimate of drug-likeness (QED) is 0.227. The van der Waals surface area contributed by atoms with Crippen LogP contribution in [0, 0.1) is 0 Å². The van der Waals surface area contributed by atoms with Gasteiger partial charge in [-0.15, -0.1) is 0 Å². The van der Waals surface area contributed by atoms with Crippen molar-refractivity contribution in [3.8, 4) is 11.1 Å². The Balaban J connectivity index is 0.00000235. The summed E-state index contributed by atoms with van der Waals surface area (Å²) < 4.78 is 0. The molecule has 37 heavy (non-hydrogen) atoms. The second-order valence-electron chi connectivity index (χ2n) is 8.96. The molecular weight excluding hydrogens is 462 g/mol. The van der Waals surface area contributed by atoms with Crippen LogP contribution >= 0.6 is 0 Å². The molecule has 0 unspecified atom stereocenters. The fraction of sp³-hybridized carbons (Fsp3) is 0.355. The van der Waals surface area contributed by atoms with Crippen LogP contribution in [0.25, 0.3) is 11.1 Å². The minimum atomic E-state index is -0.0169. The van der Waals surface area contributed by atoms with E-state index >= 15 is 0 Å². The average molecular weight is 504 g/mol. The molecule has 0 bridgehead atoms. The van der Waals surface area contributed by atoms with E-state index in [1.165, 1.54) is 22.3 Å². The third-order valence-corrected chi connectivity index (χ3v) is 6.11. The van der Waals surface area contributed by atoms with E-state index in [0.29, 0.717) is 19.6 Å². The Morgan fingerprint density at radius 1 is 0.892 bits per heavy atom. The molecule has 3 N–H and O–H groups in total. The van der Waals surface area contributed by atoms with Crippen molar-refractivity contribution >= 4 is 12.3 Å². The zero-order valence-corrected chi connectivity index (χ0v) is 22.3. The van der Waals surface area contributed by atoms with Gasteiger partial charge in [0, 0.05) is 39.7 Å². The maximum Gasteiger partial charge on any atom is 0.217 e. The lowest BCUT2D eigenvalue weighted by Gasteiger charge is -2.20. The van der Waals surface area contributed by atoms with Gasteiger partial charge in [-0.2, -0.15) is 0 Å². The molecule has 2 amide bonds. The first kappa shape index (κ1) is 29.7. The molecule has 1 atom stereocenters. The number of benzene rings is 3. The second kappa shape index (κ2) is 17.1. The van der Waals surface area contributed by atoms with E-state index in [1.54, 1.807) is 11.8 Å². The lowest BCUT2D eigenvalue weighted by Crippen LogP contribution is -2.38. The molecule has 0 aliphatic heterocycles. The first-order chi connectivity index (χ1) is 18.1. The number of carbonyl (C=O) groups is 2. The summed E-state index contributed by atoms with van der Waals surface area (Å²) in [5.74, 6) is -0.0169. The third-order valence-electron chi connectivity index (χ3n) is 6.11. The minimum Gasteiger partial charge on any atom is -0.400 e. The number of rotatable bonds is 14. The van der Waals surface area contributed by atoms with Crippen molar-refractivity contribution in [2.75, 3.05) is 26.7 Å². The fourth-order valence-electron chi connectivity index (χ4n) is 4.26. The second-order valence-corrected chi connectivity index (χ2v) is 8.96. The van der Waals surface area contributed by atoms with Gasteiger partial charge in [-0.25, -0.2) is 0 Å². The molecule has 6 nitrogen and oxygen atoms in total. The van der Waals surface area contributed by atoms with Crippen molar-refractivity contribution in [3.05, 3.63) is 95.6 Å². The number of hydrogen-bond donors (Lipinski definition) is 3. The van der Waals surface area contributed by atoms with E-state index in [9.17, 15) is 9.59 Å². The predicted molar refractivity (Wildman–Crippen MR) is 151 cm³/mol. The topological polar surface area (TPSA) is 81.7 Å². The Bertz CT molecular complexity index is 1070. The van der Waals surface area contributed by atoms with Crippen molar-refractivity contribution in [2.45, 2.75) is 45.7 Å². The lowest BCUT2D eigenvalue weighted by molar-refractivity contribution is -0.120. The number of hydrogen-bond acceptors (Lipinski definition) is 4. The summed E-state index contributed by atoms with van der Waals surface area (Å²) >= 11 is 0. The van der Waals surface area contributed by atoms with E-state index in [2.05, 4.69) is 66.1 Å². The van der Waals surface area contributed by atoms with Crippen LogP contribution in [0.3, 0.4) is 0 Å². The zero-order chi connectivity index (χ0) is 26.9. The van der Waals surface area contributed by atoms with Crippen molar-refractivity contribution in [1.82, 2.24) is 15.5 Å². The molecular formula is C31H41N3O3. The molecule has 0 aliphatic carbocycles. The summed E-state index contributed by atoms with van der Waals surface area (Å²) in [6.45, 7) is 6.46. The smallest absolute Gasteiger partial charge is 0.217 e. The maximum atomic E-state index is 11.8. The van der Waals surface area contributed by atoms with E-state index in [1.807, 2.05) is 30.3 Å². The number of aliphatic hydroxyl groups excluding tert-OH is 1. The van der Waals surface area contributed by atoms with Gasteiger partial charge in [0.15, 0.2) is 0 Å². The van der Waals surface area contributed by atoms with Crippen LogP contribution in [0.1, 0.15) is 37.0 Å². The minimum absolute atomic E-state index is 0.0169. The first-order valence-corrected chi connectivity index (χ1v) is 12.9. The highest BCUT2D eigenvalue weighted by molar-refractivity contribution is 5.73. The zero-order valence-electron chi connectivity index (χ0n) is 22.3. The van der Waals surface area contributed by atoms with Gasteiger partial charge in [0.25, 0.3) is 0 Å². The summed E-state index contributed by atoms with van der Waals surface area (Å²) in [7, 11) is 1.00. The van der Waals surface area contributed by atoms with Crippen LogP contribution in [0.15, 0.2) is 78.9 Å². The highest BCUT2D eigenvalue weighted by Gasteiger charge is 2.12. The van der Waals surface area contributed by atoms with Crippen molar-refractivity contribution in [2.24, 2.45) is 0 Å². The molecule has 0 spiro atoms. The van der Waals surface area contributed by atoms with Gasteiger partial charge < -0.3 is 20.6 Å². The normalized spacial score (nSPS) is 11.1. The first-order valence-electron chi connectivity index (χ1n) is 12.9. The summed E-state index contributed by atoms with van der Waals surface area (Å²) in [5, 5.41) is 13.5. The number of aliphatic hydroxyl groups is 1. The van der Waals surface area contributed by atoms with Gasteiger partial charge in [-0.3, -0.25) is 9.59 Å². The Kier molecular flexibility index (Phi) is 13.7. The van der Waals surface area contributed by atoms with Crippen LogP contribution in [0.4, 0.5) is 0 Å². The molecule has 0 saturated carbocycles. The number of nitrogens with one attached hydrogen (secondary N) is 2. The van der Waals surface area contributed by atoms with Gasteiger partial charge in [-0.1, -0.05) is 85.8 Å². The summed E-state index contributed by atoms with van der Waals surface area (Å²) in [6.07, 6.45) is 3.51. The largest absolute Gasteiger partial charge is 0.400 e. The molecule has 0 aromatic heterocycles. The van der Waals surface area contributed by atoms with Crippen molar-refractivity contribution in [1.29, 1.82) is 0 Å². The Morgan fingerprint density at radius 3 is 2.14 bits per heavy atom. The maximum absolute atomic E-state index is 11.8. The van der Waals surface area contributed by atoms with E-state index in [-0.39, 0.29) is 11.9 Å². The van der Waals surface area contributed by atoms with Crippen molar-refractivity contribution < 1.29 is 14.7 Å². The van der Waals surface area contributed by atoms with Gasteiger partial charge >= 0.3 is 0 Å². The summed E-state index contributed by atoms with van der Waals surface area (Å²) in [5.41, 5.74) is 6.07. The standard InChI is InChI=1S/C30H37N3O2.CH4O/c1-3-25-11-7-13-28(19-25)29-14-8-12-27(20-29)21-30(32-24(2)35)15-16-31-17-18-33(23-34)22-26-9-5-4-6-10-26;1-2/h4-14,19-20,23,30-31H,3,15-18,21-22H2,1-2H3,(H,32,35);2H,1H3/t30-;/m1./s1. The molecule has 0 heterocycles. The summed E-state index contributed by atoms with van der Waals surface area (Å²) in [6, 6.07) is 27.3. The van der Waals surface area contributed by atoms with Gasteiger partial charge in [0.1, 0.15) is 0 Å². The molecule has 0 saturated heterocycles.